The molecule has 0 rings (SSSR count). The van der Waals surface area contributed by atoms with Gasteiger partial charge in [0.2, 0.25) is 11.6 Å². The van der Waals surface area contributed by atoms with Gasteiger partial charge in [-0.1, -0.05) is 34.6 Å². The Hall–Kier alpha value is -0.660. The van der Waals surface area contributed by atoms with E-state index in [9.17, 15) is 9.59 Å². The maximum absolute atomic E-state index is 11.4. The summed E-state index contributed by atoms with van der Waals surface area (Å²) in [6, 6.07) is 0. The third-order valence-corrected chi connectivity index (χ3v) is 2.18. The zero-order valence-corrected chi connectivity index (χ0v) is 8.55. The molecule has 0 aliphatic carbocycles. The van der Waals surface area contributed by atoms with Gasteiger partial charge in [0.05, 0.1) is 0 Å². The highest BCUT2D eigenvalue weighted by Crippen LogP contribution is 2.13. The van der Waals surface area contributed by atoms with E-state index in [0.29, 0.717) is 0 Å². The first-order valence-electron chi connectivity index (χ1n) is 4.46. The topological polar surface area (TPSA) is 34.1 Å². The van der Waals surface area contributed by atoms with Gasteiger partial charge in [-0.15, -0.1) is 0 Å². The fraction of sp³-hybridized carbons (Fsp3) is 0.800. The van der Waals surface area contributed by atoms with Gasteiger partial charge in [0.1, 0.15) is 0 Å². The fourth-order valence-electron chi connectivity index (χ4n) is 0.812. The van der Waals surface area contributed by atoms with Crippen LogP contribution in [0.3, 0.4) is 0 Å². The highest BCUT2D eigenvalue weighted by molar-refractivity contribution is 6.38. The Kier molecular flexibility index (Phi) is 4.15. The Bertz CT molecular complexity index is 180. The summed E-state index contributed by atoms with van der Waals surface area (Å²) in [4.78, 5) is 22.6. The smallest absolute Gasteiger partial charge is 0.201 e. The molecule has 0 fully saturated rings. The SMILES string of the molecule is CC(C)C(=O)C(=O)C(C)C(C)C. The summed E-state index contributed by atoms with van der Waals surface area (Å²) in [6.45, 7) is 9.24. The van der Waals surface area contributed by atoms with Crippen molar-refractivity contribution in [3.63, 3.8) is 0 Å². The second-order valence-corrected chi connectivity index (χ2v) is 3.92. The summed E-state index contributed by atoms with van der Waals surface area (Å²) < 4.78 is 0. The van der Waals surface area contributed by atoms with Crippen molar-refractivity contribution < 1.29 is 9.59 Å². The van der Waals surface area contributed by atoms with Gasteiger partial charge in [-0.05, 0) is 5.92 Å². The minimum absolute atomic E-state index is 0.139. The number of ketones is 2. The van der Waals surface area contributed by atoms with Gasteiger partial charge in [-0.25, -0.2) is 0 Å². The number of carbonyl (C=O) groups is 2. The normalized spacial score (nSPS) is 13.6. The van der Waals surface area contributed by atoms with Gasteiger partial charge < -0.3 is 0 Å². The van der Waals surface area contributed by atoms with Crippen molar-refractivity contribution in [1.29, 1.82) is 0 Å². The third kappa shape index (κ3) is 2.76. The molecule has 0 aliphatic rings. The van der Waals surface area contributed by atoms with Crippen molar-refractivity contribution in [1.82, 2.24) is 0 Å². The molecule has 0 bridgehead atoms. The third-order valence-electron chi connectivity index (χ3n) is 2.18. The molecule has 1 atom stereocenters. The first-order valence-corrected chi connectivity index (χ1v) is 4.46. The van der Waals surface area contributed by atoms with Crippen molar-refractivity contribution in [2.24, 2.45) is 17.8 Å². The second-order valence-electron chi connectivity index (χ2n) is 3.92. The van der Waals surface area contributed by atoms with Crippen LogP contribution >= 0.6 is 0 Å². The molecule has 0 heterocycles. The average Bonchev–Trinajstić information content (AvgIpc) is 2.00. The number of hydrogen-bond donors (Lipinski definition) is 0. The van der Waals surface area contributed by atoms with Crippen molar-refractivity contribution in [3.8, 4) is 0 Å². The maximum atomic E-state index is 11.4. The van der Waals surface area contributed by atoms with E-state index in [4.69, 9.17) is 0 Å². The largest absolute Gasteiger partial charge is 0.291 e. The fourth-order valence-corrected chi connectivity index (χ4v) is 0.812. The summed E-state index contributed by atoms with van der Waals surface area (Å²) >= 11 is 0. The van der Waals surface area contributed by atoms with Crippen LogP contribution in [-0.2, 0) is 9.59 Å². The quantitative estimate of drug-likeness (QED) is 0.605. The van der Waals surface area contributed by atoms with Crippen LogP contribution < -0.4 is 0 Å². The van der Waals surface area contributed by atoms with Gasteiger partial charge in [-0.3, -0.25) is 9.59 Å². The molecule has 0 aromatic heterocycles. The van der Waals surface area contributed by atoms with Crippen molar-refractivity contribution in [3.05, 3.63) is 0 Å². The predicted octanol–water partition coefficient (Wildman–Crippen LogP) is 2.07. The average molecular weight is 170 g/mol. The molecule has 0 aromatic carbocycles. The Morgan fingerprint density at radius 2 is 1.25 bits per heavy atom. The van der Waals surface area contributed by atoms with Crippen LogP contribution in [0.4, 0.5) is 0 Å². The zero-order valence-electron chi connectivity index (χ0n) is 8.55. The molecule has 0 saturated carbocycles. The first-order chi connectivity index (χ1) is 5.37. The van der Waals surface area contributed by atoms with E-state index >= 15 is 0 Å². The van der Waals surface area contributed by atoms with E-state index in [0.717, 1.165) is 0 Å². The van der Waals surface area contributed by atoms with E-state index in [2.05, 4.69) is 0 Å². The van der Waals surface area contributed by atoms with Crippen LogP contribution in [0.2, 0.25) is 0 Å². The summed E-state index contributed by atoms with van der Waals surface area (Å²) in [7, 11) is 0. The molecule has 0 amide bonds. The lowest BCUT2D eigenvalue weighted by molar-refractivity contribution is -0.141. The molecule has 2 nitrogen and oxygen atoms in total. The van der Waals surface area contributed by atoms with Crippen LogP contribution in [0.5, 0.6) is 0 Å². The molecule has 70 valence electrons. The monoisotopic (exact) mass is 170 g/mol. The molecule has 0 N–H and O–H groups in total. The van der Waals surface area contributed by atoms with Gasteiger partial charge in [0.15, 0.2) is 0 Å². The second kappa shape index (κ2) is 4.39. The molecule has 0 saturated heterocycles. The molecule has 0 radical (unpaired) electrons. The summed E-state index contributed by atoms with van der Waals surface area (Å²) in [5, 5.41) is 0. The number of rotatable bonds is 4. The van der Waals surface area contributed by atoms with Gasteiger partial charge in [-0.2, -0.15) is 0 Å². The molecule has 0 spiro atoms. The Morgan fingerprint density at radius 1 is 0.833 bits per heavy atom. The van der Waals surface area contributed by atoms with Crippen molar-refractivity contribution >= 4 is 11.6 Å². The highest BCUT2D eigenvalue weighted by atomic mass is 16.2. The molecule has 2 heteroatoms. The van der Waals surface area contributed by atoms with Crippen molar-refractivity contribution in [2.45, 2.75) is 34.6 Å². The molecule has 0 aromatic rings. The molecular weight excluding hydrogens is 152 g/mol. The van der Waals surface area contributed by atoms with E-state index in [1.165, 1.54) is 0 Å². The van der Waals surface area contributed by atoms with Crippen LogP contribution in [0.25, 0.3) is 0 Å². The summed E-state index contributed by atoms with van der Waals surface area (Å²) in [6.07, 6.45) is 0. The molecule has 12 heavy (non-hydrogen) atoms. The molecule has 1 unspecified atom stereocenters. The number of carbonyl (C=O) groups excluding carboxylic acids is 2. The van der Waals surface area contributed by atoms with E-state index in [-0.39, 0.29) is 29.3 Å². The Labute approximate surface area is 74.3 Å². The van der Waals surface area contributed by atoms with Crippen LogP contribution in [0, 0.1) is 17.8 Å². The van der Waals surface area contributed by atoms with E-state index < -0.39 is 0 Å². The molecular formula is C10H18O2. The Balaban J connectivity index is 4.30. The minimum atomic E-state index is -0.240. The predicted molar refractivity (Wildman–Crippen MR) is 48.9 cm³/mol. The van der Waals surface area contributed by atoms with Gasteiger partial charge >= 0.3 is 0 Å². The number of Topliss-reactive ketones (excluding diaryl/α,β-unsaturated/α-hetero) is 2. The van der Waals surface area contributed by atoms with Crippen LogP contribution in [-0.4, -0.2) is 11.6 Å². The number of hydrogen-bond acceptors (Lipinski definition) is 2. The van der Waals surface area contributed by atoms with E-state index in [1.54, 1.807) is 13.8 Å². The maximum Gasteiger partial charge on any atom is 0.201 e. The summed E-state index contributed by atoms with van der Waals surface area (Å²) in [5.74, 6) is -0.519. The summed E-state index contributed by atoms with van der Waals surface area (Å²) in [5.41, 5.74) is 0. The minimum Gasteiger partial charge on any atom is -0.291 e. The van der Waals surface area contributed by atoms with Crippen molar-refractivity contribution in [2.75, 3.05) is 0 Å². The highest BCUT2D eigenvalue weighted by Gasteiger charge is 2.25. The Morgan fingerprint density at radius 3 is 1.50 bits per heavy atom. The lowest BCUT2D eigenvalue weighted by Crippen LogP contribution is -2.28. The lowest BCUT2D eigenvalue weighted by Gasteiger charge is -2.13. The van der Waals surface area contributed by atoms with Gasteiger partial charge in [0.25, 0.3) is 0 Å². The van der Waals surface area contributed by atoms with E-state index in [1.807, 2.05) is 20.8 Å². The van der Waals surface area contributed by atoms with Crippen LogP contribution in [0.1, 0.15) is 34.6 Å². The van der Waals surface area contributed by atoms with Crippen LogP contribution in [0.15, 0.2) is 0 Å². The molecule has 0 aliphatic heterocycles. The standard InChI is InChI=1S/C10H18O2/c1-6(2)8(5)10(12)9(11)7(3)4/h6-8H,1-5H3. The zero-order chi connectivity index (χ0) is 9.89. The lowest BCUT2D eigenvalue weighted by atomic mass is 9.88. The van der Waals surface area contributed by atoms with Gasteiger partial charge in [0, 0.05) is 11.8 Å². The first kappa shape index (κ1) is 11.3.